The highest BCUT2D eigenvalue weighted by atomic mass is 32.2. The van der Waals surface area contributed by atoms with Crippen LogP contribution >= 0.6 is 11.8 Å². The van der Waals surface area contributed by atoms with E-state index in [0.717, 1.165) is 37.2 Å². The molecule has 21 heavy (non-hydrogen) atoms. The average Bonchev–Trinajstić information content (AvgIpc) is 3.22. The summed E-state index contributed by atoms with van der Waals surface area (Å²) < 4.78 is 0. The van der Waals surface area contributed by atoms with E-state index in [1.807, 2.05) is 26.8 Å². The highest BCUT2D eigenvalue weighted by molar-refractivity contribution is 7.99. The molecule has 5 nitrogen and oxygen atoms in total. The van der Waals surface area contributed by atoms with Crippen molar-refractivity contribution in [3.8, 4) is 0 Å². The minimum atomic E-state index is -0.846. The standard InChI is InChI=1S/C15H23N3O2S/c1-4-7-16-15(13(19)20,12-5-6-12)9-21-14-17-10(2)8-11(3)18-14/h8,12,16H,4-7,9H2,1-3H3,(H,19,20). The summed E-state index contributed by atoms with van der Waals surface area (Å²) >= 11 is 1.44. The Morgan fingerprint density at radius 1 is 1.43 bits per heavy atom. The van der Waals surface area contributed by atoms with Crippen LogP contribution in [-0.2, 0) is 4.79 Å². The third-order valence-corrected chi connectivity index (χ3v) is 4.78. The summed E-state index contributed by atoms with van der Waals surface area (Å²) in [6.07, 6.45) is 2.89. The lowest BCUT2D eigenvalue weighted by Gasteiger charge is -2.30. The average molecular weight is 309 g/mol. The topological polar surface area (TPSA) is 75.1 Å². The van der Waals surface area contributed by atoms with Crippen molar-refractivity contribution < 1.29 is 9.90 Å². The Labute approximate surface area is 130 Å². The van der Waals surface area contributed by atoms with Gasteiger partial charge in [0.2, 0.25) is 0 Å². The monoisotopic (exact) mass is 309 g/mol. The summed E-state index contributed by atoms with van der Waals surface area (Å²) in [7, 11) is 0. The molecule has 1 aromatic heterocycles. The van der Waals surface area contributed by atoms with Crippen LogP contribution in [0.1, 0.15) is 37.6 Å². The lowest BCUT2D eigenvalue weighted by atomic mass is 9.95. The lowest BCUT2D eigenvalue weighted by Crippen LogP contribution is -2.56. The number of aromatic nitrogens is 2. The third-order valence-electron chi connectivity index (χ3n) is 3.74. The molecule has 0 saturated heterocycles. The van der Waals surface area contributed by atoms with Crippen LogP contribution in [0.2, 0.25) is 0 Å². The maximum absolute atomic E-state index is 11.8. The van der Waals surface area contributed by atoms with Gasteiger partial charge >= 0.3 is 5.97 Å². The molecule has 1 aliphatic carbocycles. The molecule has 0 aromatic carbocycles. The molecule has 0 aliphatic heterocycles. The van der Waals surface area contributed by atoms with Gasteiger partial charge in [0.15, 0.2) is 5.16 Å². The van der Waals surface area contributed by atoms with Crippen molar-refractivity contribution in [2.45, 2.75) is 50.7 Å². The van der Waals surface area contributed by atoms with Crippen molar-refractivity contribution in [1.82, 2.24) is 15.3 Å². The molecule has 0 radical (unpaired) electrons. The molecule has 2 N–H and O–H groups in total. The second-order valence-corrected chi connectivity index (χ2v) is 6.64. The maximum Gasteiger partial charge on any atom is 0.325 e. The molecule has 0 spiro atoms. The van der Waals surface area contributed by atoms with Gasteiger partial charge in [0.05, 0.1) is 0 Å². The fraction of sp³-hybridized carbons (Fsp3) is 0.667. The van der Waals surface area contributed by atoms with Crippen molar-refractivity contribution in [3.63, 3.8) is 0 Å². The number of hydrogen-bond donors (Lipinski definition) is 2. The number of nitrogens with zero attached hydrogens (tertiary/aromatic N) is 2. The van der Waals surface area contributed by atoms with Crippen LogP contribution in [0.15, 0.2) is 11.2 Å². The van der Waals surface area contributed by atoms with Gasteiger partial charge in [0.25, 0.3) is 0 Å². The Balaban J connectivity index is 2.12. The molecule has 2 rings (SSSR count). The largest absolute Gasteiger partial charge is 0.480 e. The van der Waals surface area contributed by atoms with Gasteiger partial charge in [-0.25, -0.2) is 9.97 Å². The summed E-state index contributed by atoms with van der Waals surface area (Å²) in [5.41, 5.74) is 0.986. The normalized spacial score (nSPS) is 17.5. The van der Waals surface area contributed by atoms with E-state index in [1.165, 1.54) is 11.8 Å². The first-order valence-corrected chi connectivity index (χ1v) is 8.40. The molecule has 1 saturated carbocycles. The molecule has 116 valence electrons. The number of carbonyl (C=O) groups is 1. The maximum atomic E-state index is 11.8. The van der Waals surface area contributed by atoms with E-state index in [9.17, 15) is 9.90 Å². The van der Waals surface area contributed by atoms with E-state index in [2.05, 4.69) is 15.3 Å². The molecule has 1 atom stereocenters. The molecule has 1 aliphatic rings. The van der Waals surface area contributed by atoms with Crippen molar-refractivity contribution in [2.75, 3.05) is 12.3 Å². The molecule has 0 amide bonds. The van der Waals surface area contributed by atoms with E-state index in [1.54, 1.807) is 0 Å². The summed E-state index contributed by atoms with van der Waals surface area (Å²) in [6, 6.07) is 1.92. The molecule has 0 bridgehead atoms. The van der Waals surface area contributed by atoms with Gasteiger partial charge in [0.1, 0.15) is 5.54 Å². The first-order chi connectivity index (χ1) is 9.98. The van der Waals surface area contributed by atoms with Gasteiger partial charge in [-0.3, -0.25) is 4.79 Å². The Hall–Kier alpha value is -1.14. The van der Waals surface area contributed by atoms with Crippen LogP contribution in [0, 0.1) is 19.8 Å². The molecule has 1 aromatic rings. The highest BCUT2D eigenvalue weighted by Gasteiger charge is 2.50. The zero-order chi connectivity index (χ0) is 15.5. The molecule has 1 unspecified atom stereocenters. The molecular formula is C15H23N3O2S. The van der Waals surface area contributed by atoms with Crippen molar-refractivity contribution in [2.24, 2.45) is 5.92 Å². The van der Waals surface area contributed by atoms with Gasteiger partial charge in [-0.05, 0) is 51.6 Å². The van der Waals surface area contributed by atoms with E-state index in [0.29, 0.717) is 10.9 Å². The van der Waals surface area contributed by atoms with Gasteiger partial charge in [0, 0.05) is 17.1 Å². The number of carboxylic acid groups (broad SMARTS) is 1. The number of rotatable bonds is 8. The zero-order valence-corrected chi connectivity index (χ0v) is 13.7. The summed E-state index contributed by atoms with van der Waals surface area (Å²) in [6.45, 7) is 6.63. The Bertz CT molecular complexity index is 499. The lowest BCUT2D eigenvalue weighted by molar-refractivity contribution is -0.144. The smallest absolute Gasteiger partial charge is 0.325 e. The Morgan fingerprint density at radius 2 is 2.05 bits per heavy atom. The Morgan fingerprint density at radius 3 is 2.52 bits per heavy atom. The number of hydrogen-bond acceptors (Lipinski definition) is 5. The highest BCUT2D eigenvalue weighted by Crippen LogP contribution is 2.42. The first kappa shape index (κ1) is 16.2. The van der Waals surface area contributed by atoms with Crippen LogP contribution in [0.5, 0.6) is 0 Å². The zero-order valence-electron chi connectivity index (χ0n) is 12.8. The second-order valence-electron chi connectivity index (χ2n) is 5.70. The van der Waals surface area contributed by atoms with Gasteiger partial charge in [-0.15, -0.1) is 0 Å². The quantitative estimate of drug-likeness (QED) is 0.567. The van der Waals surface area contributed by atoms with Crippen LogP contribution in [0.4, 0.5) is 0 Å². The predicted molar refractivity (Wildman–Crippen MR) is 83.6 cm³/mol. The number of nitrogens with one attached hydrogen (secondary N) is 1. The van der Waals surface area contributed by atoms with Gasteiger partial charge in [-0.2, -0.15) is 0 Å². The number of carboxylic acids is 1. The SMILES string of the molecule is CCCNC(CSc1nc(C)cc(C)n1)(C(=O)O)C1CC1. The minimum Gasteiger partial charge on any atom is -0.480 e. The van der Waals surface area contributed by atoms with Crippen molar-refractivity contribution in [1.29, 1.82) is 0 Å². The summed E-state index contributed by atoms with van der Waals surface area (Å²) in [5.74, 6) is -0.0640. The Kier molecular flexibility index (Phi) is 5.22. The van der Waals surface area contributed by atoms with Crippen LogP contribution < -0.4 is 5.32 Å². The molecular weight excluding hydrogens is 286 g/mol. The number of thioether (sulfide) groups is 1. The van der Waals surface area contributed by atoms with Crippen LogP contribution in [-0.4, -0.2) is 38.9 Å². The van der Waals surface area contributed by atoms with Crippen LogP contribution in [0.3, 0.4) is 0 Å². The third kappa shape index (κ3) is 3.95. The van der Waals surface area contributed by atoms with Gasteiger partial charge < -0.3 is 10.4 Å². The fourth-order valence-corrected chi connectivity index (χ4v) is 3.72. The van der Waals surface area contributed by atoms with E-state index >= 15 is 0 Å². The van der Waals surface area contributed by atoms with Crippen molar-refractivity contribution in [3.05, 3.63) is 17.5 Å². The fourth-order valence-electron chi connectivity index (χ4n) is 2.49. The van der Waals surface area contributed by atoms with E-state index < -0.39 is 11.5 Å². The molecule has 1 heterocycles. The number of aliphatic carboxylic acids is 1. The summed E-state index contributed by atoms with van der Waals surface area (Å²) in [5, 5.41) is 13.7. The first-order valence-electron chi connectivity index (χ1n) is 7.41. The van der Waals surface area contributed by atoms with E-state index in [-0.39, 0.29) is 5.92 Å². The minimum absolute atomic E-state index is 0.222. The summed E-state index contributed by atoms with van der Waals surface area (Å²) in [4.78, 5) is 20.6. The van der Waals surface area contributed by atoms with Gasteiger partial charge in [-0.1, -0.05) is 18.7 Å². The second kappa shape index (κ2) is 6.75. The van der Waals surface area contributed by atoms with Crippen molar-refractivity contribution >= 4 is 17.7 Å². The number of aryl methyl sites for hydroxylation is 2. The van der Waals surface area contributed by atoms with E-state index in [4.69, 9.17) is 0 Å². The predicted octanol–water partition coefficient (Wildman–Crippen LogP) is 2.42. The molecule has 1 fully saturated rings. The van der Waals surface area contributed by atoms with Crippen LogP contribution in [0.25, 0.3) is 0 Å². The molecule has 6 heteroatoms.